The molecule has 0 nitrogen and oxygen atoms in total. The molecule has 0 fully saturated rings. The predicted molar refractivity (Wildman–Crippen MR) is 159 cm³/mol. The van der Waals surface area contributed by atoms with Crippen LogP contribution in [0.25, 0.3) is 0 Å². The lowest BCUT2D eigenvalue weighted by Gasteiger charge is -2.22. The molecule has 0 saturated heterocycles. The predicted octanol–water partition coefficient (Wildman–Crippen LogP) is 13.3. The molecular weight excluding hydrogens is 432 g/mol. The average molecular weight is 499 g/mol. The second-order valence-corrected chi connectivity index (χ2v) is 12.7. The molecule has 0 radical (unpaired) electrons. The molecule has 0 aromatic carbocycles. The molecule has 0 aliphatic heterocycles. The van der Waals surface area contributed by atoms with Gasteiger partial charge in [0.1, 0.15) is 0 Å². The van der Waals surface area contributed by atoms with Crippen LogP contribution in [0.1, 0.15) is 207 Å². The fraction of sp³-hybridized carbons (Fsp3) is 1.00. The lowest BCUT2D eigenvalue weighted by Crippen LogP contribution is -2.15. The maximum absolute atomic E-state index is 6.83. The first kappa shape index (κ1) is 34.3. The highest BCUT2D eigenvalue weighted by Gasteiger charge is 2.19. The summed E-state index contributed by atoms with van der Waals surface area (Å²) in [5.41, 5.74) is 0. The van der Waals surface area contributed by atoms with Crippen LogP contribution < -0.4 is 0 Å². The van der Waals surface area contributed by atoms with E-state index >= 15 is 0 Å². The van der Waals surface area contributed by atoms with E-state index in [9.17, 15) is 0 Å². The molecule has 0 spiro atoms. The molecule has 0 aromatic rings. The molecular formula is C33H67Cl. The van der Waals surface area contributed by atoms with Crippen LogP contribution in [0.3, 0.4) is 0 Å². The van der Waals surface area contributed by atoms with Gasteiger partial charge in [0.2, 0.25) is 0 Å². The highest BCUT2D eigenvalue weighted by molar-refractivity contribution is 6.23. The summed E-state index contributed by atoms with van der Waals surface area (Å²) in [5.74, 6) is 0. The molecule has 0 heterocycles. The zero-order chi connectivity index (χ0) is 25.0. The summed E-state index contributed by atoms with van der Waals surface area (Å²) in [6.45, 7) is 6.89. The Morgan fingerprint density at radius 1 is 0.324 bits per heavy atom. The first-order valence-electron chi connectivity index (χ1n) is 16.3. The summed E-state index contributed by atoms with van der Waals surface area (Å²) < 4.78 is 0. The smallest absolute Gasteiger partial charge is 0.0418 e. The van der Waals surface area contributed by atoms with Gasteiger partial charge in [-0.05, 0) is 19.8 Å². The monoisotopic (exact) mass is 498 g/mol. The molecule has 0 bridgehead atoms. The Balaban J connectivity index is 3.28. The van der Waals surface area contributed by atoms with E-state index in [1.807, 2.05) is 0 Å². The van der Waals surface area contributed by atoms with Crippen LogP contribution in [-0.2, 0) is 0 Å². The minimum Gasteiger partial charge on any atom is -0.120 e. The summed E-state index contributed by atoms with van der Waals surface area (Å²) in [6.07, 6.45) is 41.1. The number of alkyl halides is 1. The average Bonchev–Trinajstić information content (AvgIpc) is 2.82. The Morgan fingerprint density at radius 3 is 0.706 bits per heavy atom. The first-order chi connectivity index (χ1) is 16.6. The maximum atomic E-state index is 6.83. The van der Waals surface area contributed by atoms with Crippen molar-refractivity contribution in [1.82, 2.24) is 0 Å². The van der Waals surface area contributed by atoms with Gasteiger partial charge in [0.15, 0.2) is 0 Å². The van der Waals surface area contributed by atoms with Gasteiger partial charge in [-0.25, -0.2) is 0 Å². The van der Waals surface area contributed by atoms with Crippen molar-refractivity contribution in [3.8, 4) is 0 Å². The summed E-state index contributed by atoms with van der Waals surface area (Å²) >= 11 is 6.83. The van der Waals surface area contributed by atoms with Crippen molar-refractivity contribution in [3.05, 3.63) is 0 Å². The fourth-order valence-corrected chi connectivity index (χ4v) is 5.59. The number of halogens is 1. The lowest BCUT2D eigenvalue weighted by molar-refractivity contribution is 0.455. The molecule has 0 N–H and O–H groups in total. The Hall–Kier alpha value is 0.290. The topological polar surface area (TPSA) is 0 Å². The second kappa shape index (κ2) is 27.9. The van der Waals surface area contributed by atoms with E-state index in [0.29, 0.717) is 0 Å². The molecule has 0 amide bonds. The van der Waals surface area contributed by atoms with Crippen LogP contribution >= 0.6 is 11.6 Å². The van der Waals surface area contributed by atoms with Crippen molar-refractivity contribution in [2.75, 3.05) is 0 Å². The molecule has 0 aromatic heterocycles. The van der Waals surface area contributed by atoms with Crippen LogP contribution in [0.15, 0.2) is 0 Å². The van der Waals surface area contributed by atoms with Crippen LogP contribution in [-0.4, -0.2) is 4.87 Å². The van der Waals surface area contributed by atoms with Crippen LogP contribution in [0.2, 0.25) is 0 Å². The third-order valence-electron chi connectivity index (χ3n) is 7.85. The van der Waals surface area contributed by atoms with E-state index in [-0.39, 0.29) is 4.87 Å². The Kier molecular flexibility index (Phi) is 28.1. The Labute approximate surface area is 223 Å². The minimum absolute atomic E-state index is 0.0505. The van der Waals surface area contributed by atoms with Gasteiger partial charge in [0.25, 0.3) is 0 Å². The Bertz CT molecular complexity index is 362. The normalized spacial score (nSPS) is 13.4. The van der Waals surface area contributed by atoms with Gasteiger partial charge in [-0.2, -0.15) is 0 Å². The number of hydrogen-bond acceptors (Lipinski definition) is 0. The SMILES string of the molecule is CCCCCCCCCCCCCCCCC(C)(Cl)CCCCCCCCCCCCCCC. The van der Waals surface area contributed by atoms with Crippen molar-refractivity contribution < 1.29 is 0 Å². The highest BCUT2D eigenvalue weighted by Crippen LogP contribution is 2.29. The van der Waals surface area contributed by atoms with Crippen molar-refractivity contribution in [1.29, 1.82) is 0 Å². The van der Waals surface area contributed by atoms with Gasteiger partial charge >= 0.3 is 0 Å². The van der Waals surface area contributed by atoms with Gasteiger partial charge < -0.3 is 0 Å². The quantitative estimate of drug-likeness (QED) is 0.0709. The molecule has 1 atom stereocenters. The molecule has 0 aliphatic carbocycles. The molecule has 206 valence electrons. The van der Waals surface area contributed by atoms with Gasteiger partial charge in [0.05, 0.1) is 0 Å². The molecule has 1 heteroatoms. The Morgan fingerprint density at radius 2 is 0.500 bits per heavy atom. The van der Waals surface area contributed by atoms with E-state index in [0.717, 1.165) is 0 Å². The minimum atomic E-state index is 0.0505. The standard InChI is InChI=1S/C33H67Cl/c1-4-6-8-10-12-14-16-18-20-22-24-26-28-30-32-33(3,34)31-29-27-25-23-21-19-17-15-13-11-9-7-5-2/h4-32H2,1-3H3. The van der Waals surface area contributed by atoms with Gasteiger partial charge in [0, 0.05) is 4.87 Å². The van der Waals surface area contributed by atoms with E-state index in [4.69, 9.17) is 11.6 Å². The van der Waals surface area contributed by atoms with E-state index in [1.165, 1.54) is 186 Å². The molecule has 0 aliphatic rings. The third-order valence-corrected chi connectivity index (χ3v) is 8.23. The van der Waals surface area contributed by atoms with Crippen LogP contribution in [0.4, 0.5) is 0 Å². The molecule has 0 rings (SSSR count). The van der Waals surface area contributed by atoms with Crippen LogP contribution in [0, 0.1) is 0 Å². The summed E-state index contributed by atoms with van der Waals surface area (Å²) in [5, 5.41) is 0. The summed E-state index contributed by atoms with van der Waals surface area (Å²) in [4.78, 5) is 0.0505. The fourth-order valence-electron chi connectivity index (χ4n) is 5.32. The van der Waals surface area contributed by atoms with Crippen molar-refractivity contribution in [2.45, 2.75) is 212 Å². The van der Waals surface area contributed by atoms with Crippen molar-refractivity contribution >= 4 is 11.6 Å². The first-order valence-corrected chi connectivity index (χ1v) is 16.7. The zero-order valence-electron chi connectivity index (χ0n) is 24.4. The summed E-state index contributed by atoms with van der Waals surface area (Å²) in [7, 11) is 0. The van der Waals surface area contributed by atoms with Gasteiger partial charge in [-0.3, -0.25) is 0 Å². The maximum Gasteiger partial charge on any atom is 0.0418 e. The molecule has 34 heavy (non-hydrogen) atoms. The van der Waals surface area contributed by atoms with E-state index < -0.39 is 0 Å². The largest absolute Gasteiger partial charge is 0.120 e. The van der Waals surface area contributed by atoms with Gasteiger partial charge in [-0.15, -0.1) is 11.6 Å². The third kappa shape index (κ3) is 28.5. The number of hydrogen-bond donors (Lipinski definition) is 0. The molecule has 1 unspecified atom stereocenters. The zero-order valence-corrected chi connectivity index (χ0v) is 25.1. The van der Waals surface area contributed by atoms with E-state index in [1.54, 1.807) is 0 Å². The highest BCUT2D eigenvalue weighted by atomic mass is 35.5. The van der Waals surface area contributed by atoms with Crippen molar-refractivity contribution in [2.24, 2.45) is 0 Å². The van der Waals surface area contributed by atoms with Crippen molar-refractivity contribution in [3.63, 3.8) is 0 Å². The number of rotatable bonds is 29. The lowest BCUT2D eigenvalue weighted by atomic mass is 9.94. The summed E-state index contributed by atoms with van der Waals surface area (Å²) in [6, 6.07) is 0. The molecule has 0 saturated carbocycles. The van der Waals surface area contributed by atoms with E-state index in [2.05, 4.69) is 20.8 Å². The number of unbranched alkanes of at least 4 members (excludes halogenated alkanes) is 25. The second-order valence-electron chi connectivity index (χ2n) is 11.8. The van der Waals surface area contributed by atoms with Gasteiger partial charge in [-0.1, -0.05) is 187 Å². The van der Waals surface area contributed by atoms with Crippen LogP contribution in [0.5, 0.6) is 0 Å².